The Labute approximate surface area is 246 Å². The number of benzene rings is 5. The monoisotopic (exact) mass is 546 g/mol. The molecule has 2 aliphatic rings. The zero-order valence-electron chi connectivity index (χ0n) is 23.8. The summed E-state index contributed by atoms with van der Waals surface area (Å²) >= 11 is 1.92. The Morgan fingerprint density at radius 2 is 1.24 bits per heavy atom. The predicted octanol–water partition coefficient (Wildman–Crippen LogP) is 8.59. The Bertz CT molecular complexity index is 1950. The third-order valence-electron chi connectivity index (χ3n) is 8.65. The van der Waals surface area contributed by atoms with E-state index < -0.39 is 0 Å². The maximum absolute atomic E-state index is 2.53. The van der Waals surface area contributed by atoms with Crippen molar-refractivity contribution >= 4 is 78.0 Å². The van der Waals surface area contributed by atoms with E-state index in [1.165, 1.54) is 71.0 Å². The van der Waals surface area contributed by atoms with Crippen molar-refractivity contribution in [3.63, 3.8) is 0 Å². The molecule has 5 aromatic carbocycles. The maximum atomic E-state index is 2.53. The van der Waals surface area contributed by atoms with Crippen LogP contribution in [-0.4, -0.2) is 6.71 Å². The summed E-state index contributed by atoms with van der Waals surface area (Å²) in [4.78, 5) is 5.00. The van der Waals surface area contributed by atoms with Crippen LogP contribution in [0.2, 0.25) is 0 Å². The van der Waals surface area contributed by atoms with Gasteiger partial charge in [-0.2, -0.15) is 0 Å². The lowest BCUT2D eigenvalue weighted by Gasteiger charge is -2.43. The van der Waals surface area contributed by atoms with Crippen LogP contribution in [0.5, 0.6) is 0 Å². The first-order chi connectivity index (χ1) is 19.9. The molecule has 8 rings (SSSR count). The van der Waals surface area contributed by atoms with Gasteiger partial charge < -0.3 is 9.80 Å². The van der Waals surface area contributed by atoms with Gasteiger partial charge in [-0.3, -0.25) is 0 Å². The second-order valence-corrected chi connectivity index (χ2v) is 13.4. The van der Waals surface area contributed by atoms with Crippen molar-refractivity contribution in [1.29, 1.82) is 0 Å². The summed E-state index contributed by atoms with van der Waals surface area (Å²) in [6.07, 6.45) is 0. The molecule has 2 nitrogen and oxygen atoms in total. The van der Waals surface area contributed by atoms with Crippen molar-refractivity contribution in [2.24, 2.45) is 0 Å². The van der Waals surface area contributed by atoms with E-state index in [2.05, 4.69) is 153 Å². The van der Waals surface area contributed by atoms with Gasteiger partial charge in [0.2, 0.25) is 0 Å². The standard InChI is InChI=1S/C37H31BN2S/c1-24-22-31-35-32(23-24)40(27-20-18-25(19-21-27)37(2,3)4)36-34(28-14-8-11-17-33(28)41-36)38(35)29-15-9-10-16-30(29)39(31)26-12-6-5-7-13-26/h5-23H,1-4H3. The lowest BCUT2D eigenvalue weighted by Crippen LogP contribution is -2.61. The van der Waals surface area contributed by atoms with Crippen LogP contribution in [0.1, 0.15) is 31.9 Å². The lowest BCUT2D eigenvalue weighted by molar-refractivity contribution is 0.590. The highest BCUT2D eigenvalue weighted by molar-refractivity contribution is 7.26. The SMILES string of the molecule is Cc1cc2c3c(c1)N(c1ccc(C(C)(C)C)cc1)c1sc4ccccc4c1B3c1ccccc1N2c1ccccc1. The molecule has 0 spiro atoms. The first kappa shape index (κ1) is 24.5. The van der Waals surface area contributed by atoms with Gasteiger partial charge in [-0.1, -0.05) is 87.5 Å². The quantitative estimate of drug-likeness (QED) is 0.200. The molecule has 0 saturated heterocycles. The van der Waals surface area contributed by atoms with Gasteiger partial charge in [0.1, 0.15) is 0 Å². The fourth-order valence-electron chi connectivity index (χ4n) is 6.77. The molecular formula is C37H31BN2S. The molecule has 0 atom stereocenters. The molecule has 0 unspecified atom stereocenters. The summed E-state index contributed by atoms with van der Waals surface area (Å²) in [5.74, 6) is 0. The zero-order valence-corrected chi connectivity index (χ0v) is 24.7. The zero-order chi connectivity index (χ0) is 27.9. The van der Waals surface area contributed by atoms with Gasteiger partial charge in [0.25, 0.3) is 6.71 Å². The second kappa shape index (κ2) is 8.86. The molecule has 0 radical (unpaired) electrons. The second-order valence-electron chi connectivity index (χ2n) is 12.3. The topological polar surface area (TPSA) is 6.48 Å². The van der Waals surface area contributed by atoms with Gasteiger partial charge in [-0.05, 0) is 93.8 Å². The van der Waals surface area contributed by atoms with Crippen molar-refractivity contribution in [2.75, 3.05) is 9.80 Å². The van der Waals surface area contributed by atoms with E-state index in [4.69, 9.17) is 0 Å². The molecule has 0 N–H and O–H groups in total. The summed E-state index contributed by atoms with van der Waals surface area (Å²) in [5, 5.41) is 2.68. The fourth-order valence-corrected chi connectivity index (χ4v) is 8.05. The molecule has 6 aromatic rings. The number of rotatable bonds is 2. The molecule has 0 fully saturated rings. The number of para-hydroxylation sites is 2. The third kappa shape index (κ3) is 3.64. The minimum atomic E-state index is 0.108. The Balaban J connectivity index is 1.47. The van der Waals surface area contributed by atoms with Crippen molar-refractivity contribution in [2.45, 2.75) is 33.1 Å². The Morgan fingerprint density at radius 1 is 0.610 bits per heavy atom. The highest BCUT2D eigenvalue weighted by Crippen LogP contribution is 2.47. The van der Waals surface area contributed by atoms with E-state index in [-0.39, 0.29) is 12.1 Å². The normalized spacial score (nSPS) is 13.7. The van der Waals surface area contributed by atoms with Gasteiger partial charge >= 0.3 is 0 Å². The van der Waals surface area contributed by atoms with Gasteiger partial charge in [0.15, 0.2) is 0 Å². The molecular weight excluding hydrogens is 515 g/mol. The summed E-state index contributed by atoms with van der Waals surface area (Å²) in [6, 6.07) is 42.8. The van der Waals surface area contributed by atoms with E-state index >= 15 is 0 Å². The van der Waals surface area contributed by atoms with Crippen molar-refractivity contribution in [1.82, 2.24) is 0 Å². The van der Waals surface area contributed by atoms with Crippen LogP contribution >= 0.6 is 11.3 Å². The fraction of sp³-hybridized carbons (Fsp3) is 0.135. The van der Waals surface area contributed by atoms with Crippen LogP contribution in [0.4, 0.5) is 33.4 Å². The Morgan fingerprint density at radius 3 is 2.00 bits per heavy atom. The van der Waals surface area contributed by atoms with Crippen molar-refractivity contribution < 1.29 is 0 Å². The van der Waals surface area contributed by atoms with Gasteiger partial charge in [0.05, 0.1) is 5.00 Å². The average Bonchev–Trinajstić information content (AvgIpc) is 3.36. The van der Waals surface area contributed by atoms with E-state index in [0.717, 1.165) is 0 Å². The molecule has 3 heterocycles. The molecule has 0 aliphatic carbocycles. The number of hydrogen-bond acceptors (Lipinski definition) is 3. The molecule has 0 amide bonds. The molecule has 0 saturated carbocycles. The molecule has 1 aromatic heterocycles. The first-order valence-corrected chi connectivity index (χ1v) is 15.2. The Hall–Kier alpha value is -4.28. The van der Waals surface area contributed by atoms with Crippen LogP contribution in [0.25, 0.3) is 10.1 Å². The highest BCUT2D eigenvalue weighted by atomic mass is 32.1. The summed E-state index contributed by atoms with van der Waals surface area (Å²) < 4.78 is 1.34. The molecule has 0 bridgehead atoms. The van der Waals surface area contributed by atoms with Crippen molar-refractivity contribution in [3.8, 4) is 0 Å². The number of nitrogens with zero attached hydrogens (tertiary/aromatic N) is 2. The minimum absolute atomic E-state index is 0.108. The minimum Gasteiger partial charge on any atom is -0.311 e. The number of hydrogen-bond donors (Lipinski definition) is 0. The van der Waals surface area contributed by atoms with Crippen LogP contribution < -0.4 is 26.2 Å². The highest BCUT2D eigenvalue weighted by Gasteiger charge is 2.45. The molecule has 41 heavy (non-hydrogen) atoms. The number of anilines is 6. The van der Waals surface area contributed by atoms with Gasteiger partial charge in [0, 0.05) is 33.1 Å². The number of aryl methyl sites for hydroxylation is 1. The van der Waals surface area contributed by atoms with E-state index in [1.807, 2.05) is 11.3 Å². The van der Waals surface area contributed by atoms with E-state index in [0.29, 0.717) is 0 Å². The van der Waals surface area contributed by atoms with Gasteiger partial charge in [-0.25, -0.2) is 0 Å². The number of thiophene rings is 1. The largest absolute Gasteiger partial charge is 0.311 e. The smallest absolute Gasteiger partial charge is 0.254 e. The lowest BCUT2D eigenvalue weighted by atomic mass is 9.33. The predicted molar refractivity (Wildman–Crippen MR) is 179 cm³/mol. The molecule has 2 aliphatic heterocycles. The van der Waals surface area contributed by atoms with Gasteiger partial charge in [-0.15, -0.1) is 11.3 Å². The average molecular weight is 547 g/mol. The van der Waals surface area contributed by atoms with Crippen LogP contribution in [0.3, 0.4) is 0 Å². The molecule has 4 heteroatoms. The maximum Gasteiger partial charge on any atom is 0.254 e. The van der Waals surface area contributed by atoms with Crippen molar-refractivity contribution in [3.05, 3.63) is 126 Å². The molecule has 198 valence electrons. The van der Waals surface area contributed by atoms with Crippen LogP contribution in [-0.2, 0) is 5.41 Å². The Kier molecular flexibility index (Phi) is 5.30. The first-order valence-electron chi connectivity index (χ1n) is 14.4. The van der Waals surface area contributed by atoms with E-state index in [9.17, 15) is 0 Å². The summed E-state index contributed by atoms with van der Waals surface area (Å²) in [5.41, 5.74) is 13.1. The summed E-state index contributed by atoms with van der Waals surface area (Å²) in [6.45, 7) is 9.24. The van der Waals surface area contributed by atoms with E-state index in [1.54, 1.807) is 0 Å². The summed E-state index contributed by atoms with van der Waals surface area (Å²) in [7, 11) is 0. The van der Waals surface area contributed by atoms with Crippen LogP contribution in [0, 0.1) is 6.92 Å². The number of fused-ring (bicyclic) bond motifs is 6. The van der Waals surface area contributed by atoms with Crippen LogP contribution in [0.15, 0.2) is 115 Å². The third-order valence-corrected chi connectivity index (χ3v) is 9.82.